The van der Waals surface area contributed by atoms with Gasteiger partial charge in [-0.2, -0.15) is 0 Å². The Morgan fingerprint density at radius 3 is 2.08 bits per heavy atom. The fraction of sp³-hybridized carbons (Fsp3) is 0.500. The largest absolute Gasteiger partial charge is 0.370 e. The number of hydrogen-bond donors (Lipinski definition) is 2. The number of allylic oxidation sites excluding steroid dienone is 3. The molecule has 0 aromatic carbocycles. The Morgan fingerprint density at radius 2 is 1.77 bits per heavy atom. The molecule has 0 fully saturated rings. The van der Waals surface area contributed by atoms with Crippen LogP contribution in [0.1, 0.15) is 27.7 Å². The van der Waals surface area contributed by atoms with Crippen molar-refractivity contribution >= 4 is 5.96 Å². The summed E-state index contributed by atoms with van der Waals surface area (Å²) in [5.74, 6) is 0.0891. The molecule has 0 saturated heterocycles. The molecule has 74 valence electrons. The van der Waals surface area contributed by atoms with Crippen LogP contribution >= 0.6 is 0 Å². The molecule has 0 heterocycles. The summed E-state index contributed by atoms with van der Waals surface area (Å²) >= 11 is 0. The molecule has 0 aliphatic carbocycles. The molecule has 0 aliphatic heterocycles. The molecule has 0 aromatic heterocycles. The smallest absolute Gasteiger partial charge is 0.190 e. The molecule has 0 aliphatic rings. The molecule has 0 unspecified atom stereocenters. The molecule has 0 spiro atoms. The molecule has 0 amide bonds. The summed E-state index contributed by atoms with van der Waals surface area (Å²) in [5, 5.41) is 0. The summed E-state index contributed by atoms with van der Waals surface area (Å²) in [4.78, 5) is 3.87. The van der Waals surface area contributed by atoms with Crippen LogP contribution in [0.3, 0.4) is 0 Å². The molecule has 0 aromatic rings. The van der Waals surface area contributed by atoms with E-state index in [0.29, 0.717) is 0 Å². The second-order valence-electron chi connectivity index (χ2n) is 3.89. The molecule has 0 radical (unpaired) electrons. The molecule has 13 heavy (non-hydrogen) atoms. The summed E-state index contributed by atoms with van der Waals surface area (Å²) in [6.07, 6.45) is 5.68. The Balaban J connectivity index is 4.82. The van der Waals surface area contributed by atoms with Crippen LogP contribution in [0.2, 0.25) is 0 Å². The Bertz CT molecular complexity index is 237. The van der Waals surface area contributed by atoms with Gasteiger partial charge in [0.15, 0.2) is 5.96 Å². The third-order valence-corrected chi connectivity index (χ3v) is 1.56. The molecule has 0 saturated carbocycles. The molecule has 4 N–H and O–H groups in total. The third kappa shape index (κ3) is 5.06. The number of aliphatic imine (C=N–C) groups is 1. The number of guanidine groups is 1. The van der Waals surface area contributed by atoms with E-state index in [1.807, 2.05) is 19.1 Å². The third-order valence-electron chi connectivity index (χ3n) is 1.56. The van der Waals surface area contributed by atoms with Crippen molar-refractivity contribution in [1.82, 2.24) is 0 Å². The fourth-order valence-corrected chi connectivity index (χ4v) is 0.810. The van der Waals surface area contributed by atoms with Crippen LogP contribution in [-0.4, -0.2) is 5.96 Å². The highest BCUT2D eigenvalue weighted by atomic mass is 15.0. The van der Waals surface area contributed by atoms with Crippen molar-refractivity contribution in [3.8, 4) is 0 Å². The maximum atomic E-state index is 5.24. The minimum absolute atomic E-state index is 0.0610. The highest BCUT2D eigenvalue weighted by Crippen LogP contribution is 2.25. The summed E-state index contributed by atoms with van der Waals surface area (Å²) in [5.41, 5.74) is 11.6. The molecular weight excluding hydrogens is 162 g/mol. The van der Waals surface area contributed by atoms with Gasteiger partial charge in [-0.15, -0.1) is 0 Å². The van der Waals surface area contributed by atoms with E-state index in [1.54, 1.807) is 6.20 Å². The van der Waals surface area contributed by atoms with Crippen molar-refractivity contribution in [2.24, 2.45) is 21.9 Å². The molecule has 3 heteroatoms. The Hall–Kier alpha value is -1.25. The van der Waals surface area contributed by atoms with Gasteiger partial charge in [0.2, 0.25) is 0 Å². The van der Waals surface area contributed by atoms with E-state index in [4.69, 9.17) is 11.5 Å². The topological polar surface area (TPSA) is 64.4 Å². The van der Waals surface area contributed by atoms with Crippen LogP contribution in [0.5, 0.6) is 0 Å². The monoisotopic (exact) mass is 181 g/mol. The first-order valence-corrected chi connectivity index (χ1v) is 4.30. The van der Waals surface area contributed by atoms with Crippen molar-refractivity contribution in [3.05, 3.63) is 23.9 Å². The van der Waals surface area contributed by atoms with Gasteiger partial charge in [-0.3, -0.25) is 0 Å². The molecule has 3 nitrogen and oxygen atoms in total. The second-order valence-corrected chi connectivity index (χ2v) is 3.89. The first-order valence-electron chi connectivity index (χ1n) is 4.30. The lowest BCUT2D eigenvalue weighted by Gasteiger charge is -2.19. The van der Waals surface area contributed by atoms with Crippen LogP contribution in [0.4, 0.5) is 0 Å². The number of nitrogens with two attached hydrogens (primary N) is 2. The predicted molar refractivity (Wildman–Crippen MR) is 58.2 cm³/mol. The maximum absolute atomic E-state index is 5.24. The van der Waals surface area contributed by atoms with Gasteiger partial charge in [-0.1, -0.05) is 32.9 Å². The predicted octanol–water partition coefficient (Wildman–Crippen LogP) is 1.77. The fourth-order valence-electron chi connectivity index (χ4n) is 0.810. The first kappa shape index (κ1) is 11.8. The molecule has 0 atom stereocenters. The number of rotatable bonds is 2. The quantitative estimate of drug-likeness (QED) is 0.387. The minimum atomic E-state index is 0.0610. The lowest BCUT2D eigenvalue weighted by Crippen LogP contribution is -2.22. The first-order chi connectivity index (χ1) is 5.88. The van der Waals surface area contributed by atoms with Crippen LogP contribution < -0.4 is 11.5 Å². The van der Waals surface area contributed by atoms with E-state index >= 15 is 0 Å². The summed E-state index contributed by atoms with van der Waals surface area (Å²) in [7, 11) is 0. The number of hydrogen-bond acceptors (Lipinski definition) is 1. The van der Waals surface area contributed by atoms with Gasteiger partial charge < -0.3 is 11.5 Å². The lowest BCUT2D eigenvalue weighted by atomic mass is 9.87. The van der Waals surface area contributed by atoms with Gasteiger partial charge in [-0.25, -0.2) is 4.99 Å². The number of nitrogens with zero attached hydrogens (tertiary/aromatic N) is 1. The standard InChI is InChI=1S/C10H19N3/c1-5-6-8(10(2,3)4)7-13-9(11)12/h5-7H,1-4H3,(H4,11,12,13)/b6-5-,8-7+. The summed E-state index contributed by atoms with van der Waals surface area (Å²) in [6.45, 7) is 8.30. The zero-order chi connectivity index (χ0) is 10.5. The van der Waals surface area contributed by atoms with E-state index in [0.717, 1.165) is 5.57 Å². The van der Waals surface area contributed by atoms with Gasteiger partial charge >= 0.3 is 0 Å². The van der Waals surface area contributed by atoms with Gasteiger partial charge in [0.1, 0.15) is 0 Å². The molecule has 0 rings (SSSR count). The van der Waals surface area contributed by atoms with E-state index in [1.165, 1.54) is 0 Å². The van der Waals surface area contributed by atoms with Crippen molar-refractivity contribution in [2.45, 2.75) is 27.7 Å². The Morgan fingerprint density at radius 1 is 1.23 bits per heavy atom. The van der Waals surface area contributed by atoms with Gasteiger partial charge in [0, 0.05) is 6.20 Å². The Kier molecular flexibility index (Phi) is 4.25. The minimum Gasteiger partial charge on any atom is -0.370 e. The van der Waals surface area contributed by atoms with Crippen LogP contribution in [0, 0.1) is 5.41 Å². The average molecular weight is 181 g/mol. The zero-order valence-electron chi connectivity index (χ0n) is 8.83. The summed E-state index contributed by atoms with van der Waals surface area (Å²) in [6, 6.07) is 0. The van der Waals surface area contributed by atoms with E-state index < -0.39 is 0 Å². The highest BCUT2D eigenvalue weighted by Gasteiger charge is 2.13. The maximum Gasteiger partial charge on any atom is 0.190 e. The van der Waals surface area contributed by atoms with Gasteiger partial charge in [-0.05, 0) is 17.9 Å². The summed E-state index contributed by atoms with van der Waals surface area (Å²) < 4.78 is 0. The van der Waals surface area contributed by atoms with Gasteiger partial charge in [0.25, 0.3) is 0 Å². The average Bonchev–Trinajstić information content (AvgIpc) is 1.95. The van der Waals surface area contributed by atoms with E-state index in [9.17, 15) is 0 Å². The van der Waals surface area contributed by atoms with Crippen molar-refractivity contribution in [1.29, 1.82) is 0 Å². The van der Waals surface area contributed by atoms with Crippen LogP contribution in [-0.2, 0) is 0 Å². The van der Waals surface area contributed by atoms with E-state index in [-0.39, 0.29) is 11.4 Å². The van der Waals surface area contributed by atoms with Crippen molar-refractivity contribution < 1.29 is 0 Å². The van der Waals surface area contributed by atoms with Crippen molar-refractivity contribution in [3.63, 3.8) is 0 Å². The zero-order valence-corrected chi connectivity index (χ0v) is 8.83. The molecular formula is C10H19N3. The molecule has 0 bridgehead atoms. The lowest BCUT2D eigenvalue weighted by molar-refractivity contribution is 0.515. The highest BCUT2D eigenvalue weighted by molar-refractivity contribution is 5.76. The van der Waals surface area contributed by atoms with Crippen molar-refractivity contribution in [2.75, 3.05) is 0 Å². The van der Waals surface area contributed by atoms with Gasteiger partial charge in [0.05, 0.1) is 0 Å². The van der Waals surface area contributed by atoms with Crippen LogP contribution in [0.25, 0.3) is 0 Å². The van der Waals surface area contributed by atoms with Crippen LogP contribution in [0.15, 0.2) is 28.9 Å². The normalized spacial score (nSPS) is 13.4. The second kappa shape index (κ2) is 4.70. The van der Waals surface area contributed by atoms with E-state index in [2.05, 4.69) is 25.8 Å². The Labute approximate surface area is 80.2 Å². The SMILES string of the molecule is C/C=C\C(=C/N=C(N)N)C(C)(C)C.